The average molecular weight is 370 g/mol. The van der Waals surface area contributed by atoms with Crippen LogP contribution < -0.4 is 5.56 Å². The molecule has 1 atom stereocenters. The highest BCUT2D eigenvalue weighted by molar-refractivity contribution is 5.19. The number of hydrogen-bond donors (Lipinski definition) is 0. The minimum atomic E-state index is -0.0535. The Morgan fingerprint density at radius 3 is 2.81 bits per heavy atom. The van der Waals surface area contributed by atoms with Crippen molar-refractivity contribution in [2.75, 3.05) is 6.54 Å². The van der Waals surface area contributed by atoms with E-state index in [9.17, 15) is 4.79 Å². The van der Waals surface area contributed by atoms with Crippen molar-refractivity contribution in [1.82, 2.24) is 24.5 Å². The molecule has 4 heterocycles. The molecule has 0 aromatic carbocycles. The molecule has 0 N–H and O–H groups in total. The van der Waals surface area contributed by atoms with E-state index in [1.807, 2.05) is 6.07 Å². The molecule has 2 aliphatic rings. The van der Waals surface area contributed by atoms with E-state index in [4.69, 9.17) is 0 Å². The molecular weight excluding hydrogens is 338 g/mol. The van der Waals surface area contributed by atoms with Crippen LogP contribution in [-0.2, 0) is 31.5 Å². The number of fused-ring (bicyclic) bond motifs is 1. The van der Waals surface area contributed by atoms with Crippen molar-refractivity contribution >= 4 is 0 Å². The molecule has 6 heteroatoms. The number of likely N-dealkylation sites (tertiary alicyclic amines) is 1. The third-order valence-corrected chi connectivity index (χ3v) is 5.96. The van der Waals surface area contributed by atoms with Crippen LogP contribution in [0.3, 0.4) is 0 Å². The monoisotopic (exact) mass is 369 g/mol. The summed E-state index contributed by atoms with van der Waals surface area (Å²) in [6.07, 6.45) is 8.00. The fourth-order valence-electron chi connectivity index (χ4n) is 4.33. The lowest BCUT2D eigenvalue weighted by molar-refractivity contribution is 0.215. The maximum absolute atomic E-state index is 12.4. The topological polar surface area (TPSA) is 56.0 Å². The Bertz CT molecular complexity index is 860. The van der Waals surface area contributed by atoms with Crippen LogP contribution in [0.15, 0.2) is 23.1 Å². The molecule has 2 aliphatic heterocycles. The lowest BCUT2D eigenvalue weighted by atomic mass is 9.92. The summed E-state index contributed by atoms with van der Waals surface area (Å²) in [6.45, 7) is 10.2. The predicted octanol–water partition coefficient (Wildman–Crippen LogP) is 2.74. The number of rotatable bonds is 4. The van der Waals surface area contributed by atoms with Gasteiger partial charge in [-0.2, -0.15) is 10.2 Å². The molecule has 27 heavy (non-hydrogen) atoms. The van der Waals surface area contributed by atoms with E-state index in [-0.39, 0.29) is 11.0 Å². The lowest BCUT2D eigenvalue weighted by Gasteiger charge is -2.26. The van der Waals surface area contributed by atoms with Gasteiger partial charge in [0.1, 0.15) is 0 Å². The summed E-state index contributed by atoms with van der Waals surface area (Å²) in [5.74, 6) is 0. The van der Waals surface area contributed by atoms with E-state index in [0.717, 1.165) is 38.2 Å². The maximum atomic E-state index is 12.4. The van der Waals surface area contributed by atoms with Gasteiger partial charge in [0.15, 0.2) is 0 Å². The Labute approximate surface area is 161 Å². The Hall–Kier alpha value is -1.95. The van der Waals surface area contributed by atoms with E-state index >= 15 is 0 Å². The fourth-order valence-corrected chi connectivity index (χ4v) is 4.33. The molecule has 0 aliphatic carbocycles. The van der Waals surface area contributed by atoms with E-state index in [2.05, 4.69) is 46.7 Å². The zero-order valence-electron chi connectivity index (χ0n) is 16.8. The summed E-state index contributed by atoms with van der Waals surface area (Å²) >= 11 is 0. The molecule has 2 aromatic rings. The SMILES string of the molecule is CC(C)(C)c1ccc(=O)n(CC2CCCN2Cc2cnn3c2CCCC3)n1. The number of aromatic nitrogens is 4. The molecule has 0 saturated carbocycles. The van der Waals surface area contributed by atoms with Gasteiger partial charge in [-0.3, -0.25) is 14.4 Å². The molecule has 146 valence electrons. The third-order valence-electron chi connectivity index (χ3n) is 5.96. The van der Waals surface area contributed by atoms with Crippen LogP contribution >= 0.6 is 0 Å². The second-order valence-corrected chi connectivity index (χ2v) is 9.05. The van der Waals surface area contributed by atoms with Gasteiger partial charge in [0.25, 0.3) is 5.56 Å². The van der Waals surface area contributed by atoms with Crippen molar-refractivity contribution in [1.29, 1.82) is 0 Å². The Balaban J connectivity index is 1.51. The van der Waals surface area contributed by atoms with Crippen LogP contribution in [0.1, 0.15) is 63.4 Å². The van der Waals surface area contributed by atoms with Crippen LogP contribution in [0.25, 0.3) is 0 Å². The van der Waals surface area contributed by atoms with Crippen molar-refractivity contribution in [3.05, 3.63) is 45.6 Å². The quantitative estimate of drug-likeness (QED) is 0.832. The van der Waals surface area contributed by atoms with Crippen molar-refractivity contribution in [2.24, 2.45) is 0 Å². The Morgan fingerprint density at radius 2 is 2.00 bits per heavy atom. The van der Waals surface area contributed by atoms with Crippen molar-refractivity contribution in [2.45, 2.75) is 84.0 Å². The molecule has 0 bridgehead atoms. The molecule has 4 rings (SSSR count). The average Bonchev–Trinajstić information content (AvgIpc) is 3.24. The normalized spacial score (nSPS) is 20.8. The van der Waals surface area contributed by atoms with Gasteiger partial charge < -0.3 is 0 Å². The van der Waals surface area contributed by atoms with Gasteiger partial charge in [-0.15, -0.1) is 0 Å². The first-order chi connectivity index (χ1) is 12.9. The zero-order valence-corrected chi connectivity index (χ0v) is 16.8. The number of nitrogens with zero attached hydrogens (tertiary/aromatic N) is 5. The second kappa shape index (κ2) is 7.23. The van der Waals surface area contributed by atoms with Gasteiger partial charge in [0, 0.05) is 41.9 Å². The molecular formula is C21H31N5O. The van der Waals surface area contributed by atoms with Crippen LogP contribution in [0.4, 0.5) is 0 Å². The standard InChI is InChI=1S/C21H31N5O/c1-21(2,3)19-9-10-20(27)26(23-19)15-17-7-6-11-24(17)14-16-13-22-25-12-5-4-8-18(16)25/h9-10,13,17H,4-8,11-12,14-15H2,1-3H3. The van der Waals surface area contributed by atoms with E-state index in [1.165, 1.54) is 30.5 Å². The van der Waals surface area contributed by atoms with Gasteiger partial charge in [0.05, 0.1) is 18.4 Å². The van der Waals surface area contributed by atoms with Crippen LogP contribution in [-0.4, -0.2) is 37.0 Å². The second-order valence-electron chi connectivity index (χ2n) is 9.05. The first-order valence-corrected chi connectivity index (χ1v) is 10.3. The lowest BCUT2D eigenvalue weighted by Crippen LogP contribution is -2.37. The molecule has 6 nitrogen and oxygen atoms in total. The largest absolute Gasteiger partial charge is 0.294 e. The Kier molecular flexibility index (Phi) is 4.93. The summed E-state index contributed by atoms with van der Waals surface area (Å²) in [6, 6.07) is 3.90. The highest BCUT2D eigenvalue weighted by Gasteiger charge is 2.28. The van der Waals surface area contributed by atoms with Gasteiger partial charge >= 0.3 is 0 Å². The smallest absolute Gasteiger partial charge is 0.266 e. The summed E-state index contributed by atoms with van der Waals surface area (Å²) in [5.41, 5.74) is 3.69. The molecule has 0 radical (unpaired) electrons. The van der Waals surface area contributed by atoms with Gasteiger partial charge in [-0.05, 0) is 44.7 Å². The summed E-state index contributed by atoms with van der Waals surface area (Å²) in [5, 5.41) is 9.25. The number of hydrogen-bond acceptors (Lipinski definition) is 4. The van der Waals surface area contributed by atoms with Crippen LogP contribution in [0.2, 0.25) is 0 Å². The van der Waals surface area contributed by atoms with E-state index < -0.39 is 0 Å². The first-order valence-electron chi connectivity index (χ1n) is 10.3. The van der Waals surface area contributed by atoms with Crippen molar-refractivity contribution < 1.29 is 0 Å². The third kappa shape index (κ3) is 3.86. The maximum Gasteiger partial charge on any atom is 0.266 e. The Morgan fingerprint density at radius 1 is 1.15 bits per heavy atom. The number of aryl methyl sites for hydroxylation is 1. The highest BCUT2D eigenvalue weighted by atomic mass is 16.1. The molecule has 1 saturated heterocycles. The summed E-state index contributed by atoms with van der Waals surface area (Å²) < 4.78 is 3.86. The summed E-state index contributed by atoms with van der Waals surface area (Å²) in [7, 11) is 0. The van der Waals surface area contributed by atoms with Crippen molar-refractivity contribution in [3.8, 4) is 0 Å². The molecule has 1 unspecified atom stereocenters. The van der Waals surface area contributed by atoms with E-state index in [1.54, 1.807) is 10.7 Å². The molecule has 1 fully saturated rings. The van der Waals surface area contributed by atoms with Crippen LogP contribution in [0, 0.1) is 0 Å². The molecule has 0 amide bonds. The highest BCUT2D eigenvalue weighted by Crippen LogP contribution is 2.25. The minimum Gasteiger partial charge on any atom is -0.294 e. The molecule has 2 aromatic heterocycles. The van der Waals surface area contributed by atoms with Gasteiger partial charge in [0.2, 0.25) is 0 Å². The molecule has 0 spiro atoms. The summed E-state index contributed by atoms with van der Waals surface area (Å²) in [4.78, 5) is 14.9. The fraction of sp³-hybridized carbons (Fsp3) is 0.667. The van der Waals surface area contributed by atoms with E-state index in [0.29, 0.717) is 12.6 Å². The van der Waals surface area contributed by atoms with Gasteiger partial charge in [-0.1, -0.05) is 20.8 Å². The first kappa shape index (κ1) is 18.4. The van der Waals surface area contributed by atoms with Gasteiger partial charge in [-0.25, -0.2) is 4.68 Å². The zero-order chi connectivity index (χ0) is 19.0. The van der Waals surface area contributed by atoms with Crippen LogP contribution in [0.5, 0.6) is 0 Å². The minimum absolute atomic E-state index is 0.00207. The van der Waals surface area contributed by atoms with Crippen molar-refractivity contribution in [3.63, 3.8) is 0 Å². The predicted molar refractivity (Wildman–Crippen MR) is 106 cm³/mol.